The highest BCUT2D eigenvalue weighted by molar-refractivity contribution is 5.97. The summed E-state index contributed by atoms with van der Waals surface area (Å²) < 4.78 is 20.3. The van der Waals surface area contributed by atoms with Crippen molar-refractivity contribution in [2.24, 2.45) is 5.73 Å². The van der Waals surface area contributed by atoms with Gasteiger partial charge in [-0.3, -0.25) is 14.3 Å². The summed E-state index contributed by atoms with van der Waals surface area (Å²) in [6.45, 7) is 1.16. The molecule has 4 atom stereocenters. The molecule has 3 rings (SSSR count). The van der Waals surface area contributed by atoms with Crippen molar-refractivity contribution in [3.63, 3.8) is 0 Å². The topological polar surface area (TPSA) is 141 Å². The molecule has 3 heterocycles. The number of nitrogens with zero attached hydrogens (tertiary/aromatic N) is 3. The van der Waals surface area contributed by atoms with Gasteiger partial charge in [-0.25, -0.2) is 9.18 Å². The number of amides is 1. The zero-order valence-electron chi connectivity index (χ0n) is 13.7. The van der Waals surface area contributed by atoms with Crippen LogP contribution in [0.1, 0.15) is 22.3 Å². The van der Waals surface area contributed by atoms with Gasteiger partial charge in [-0.2, -0.15) is 4.98 Å². The molecule has 0 aliphatic carbocycles. The van der Waals surface area contributed by atoms with Crippen LogP contribution >= 0.6 is 0 Å². The SMILES string of the molecule is Cc1cnc(C(N)=O)c(-c2ccn([C@H]3O[C@H](CO)[C@@H](O)[C@H]3F)c(=O)n2)c1. The van der Waals surface area contributed by atoms with Crippen molar-refractivity contribution in [1.82, 2.24) is 14.5 Å². The Bertz CT molecular complexity index is 902. The zero-order valence-corrected chi connectivity index (χ0v) is 13.7. The Balaban J connectivity index is 2.01. The number of aliphatic hydroxyl groups is 2. The molecule has 0 spiro atoms. The Morgan fingerprint density at radius 2 is 2.23 bits per heavy atom. The van der Waals surface area contributed by atoms with Crippen molar-refractivity contribution >= 4 is 5.91 Å². The predicted octanol–water partition coefficient (Wildman–Crippen LogP) is -0.699. The number of nitrogens with two attached hydrogens (primary N) is 1. The first kappa shape index (κ1) is 18.1. The Morgan fingerprint density at radius 3 is 2.81 bits per heavy atom. The largest absolute Gasteiger partial charge is 0.394 e. The Labute approximate surface area is 146 Å². The number of ether oxygens (including phenoxy) is 1. The number of pyridine rings is 1. The predicted molar refractivity (Wildman–Crippen MR) is 86.9 cm³/mol. The van der Waals surface area contributed by atoms with Gasteiger partial charge in [-0.15, -0.1) is 0 Å². The first-order valence-corrected chi connectivity index (χ1v) is 7.78. The molecular weight excluding hydrogens is 347 g/mol. The van der Waals surface area contributed by atoms with Gasteiger partial charge in [0.15, 0.2) is 12.4 Å². The third-order valence-corrected chi connectivity index (χ3v) is 4.11. The number of rotatable bonds is 4. The molecule has 1 aliphatic rings. The van der Waals surface area contributed by atoms with Crippen LogP contribution < -0.4 is 11.4 Å². The second-order valence-corrected chi connectivity index (χ2v) is 5.96. The van der Waals surface area contributed by atoms with Gasteiger partial charge in [-0.1, -0.05) is 0 Å². The lowest BCUT2D eigenvalue weighted by Crippen LogP contribution is -2.33. The third-order valence-electron chi connectivity index (χ3n) is 4.11. The van der Waals surface area contributed by atoms with E-state index in [4.69, 9.17) is 15.6 Å². The van der Waals surface area contributed by atoms with E-state index in [1.54, 1.807) is 13.0 Å². The van der Waals surface area contributed by atoms with Crippen molar-refractivity contribution < 1.29 is 24.1 Å². The van der Waals surface area contributed by atoms with E-state index in [1.807, 2.05) is 0 Å². The number of carbonyl (C=O) groups excluding carboxylic acids is 1. The van der Waals surface area contributed by atoms with Gasteiger partial charge >= 0.3 is 5.69 Å². The summed E-state index contributed by atoms with van der Waals surface area (Å²) in [7, 11) is 0. The lowest BCUT2D eigenvalue weighted by Gasteiger charge is -2.16. The van der Waals surface area contributed by atoms with Crippen molar-refractivity contribution in [3.05, 3.63) is 46.3 Å². The smallest absolute Gasteiger partial charge is 0.350 e. The fourth-order valence-corrected chi connectivity index (χ4v) is 2.80. The van der Waals surface area contributed by atoms with E-state index in [1.165, 1.54) is 18.5 Å². The lowest BCUT2D eigenvalue weighted by atomic mass is 10.1. The summed E-state index contributed by atoms with van der Waals surface area (Å²) in [6, 6.07) is 2.99. The van der Waals surface area contributed by atoms with Crippen LogP contribution in [0, 0.1) is 6.92 Å². The number of carbonyl (C=O) groups is 1. The molecule has 0 unspecified atom stereocenters. The highest BCUT2D eigenvalue weighted by Gasteiger charge is 2.45. The number of primary amides is 1. The van der Waals surface area contributed by atoms with E-state index >= 15 is 0 Å². The number of alkyl halides is 1. The van der Waals surface area contributed by atoms with Crippen LogP contribution in [-0.2, 0) is 4.74 Å². The number of aryl methyl sites for hydroxylation is 1. The van der Waals surface area contributed by atoms with Gasteiger partial charge in [0.05, 0.1) is 12.3 Å². The maximum atomic E-state index is 14.2. The van der Waals surface area contributed by atoms with E-state index in [2.05, 4.69) is 9.97 Å². The van der Waals surface area contributed by atoms with E-state index in [-0.39, 0.29) is 17.0 Å². The van der Waals surface area contributed by atoms with Crippen LogP contribution in [0.3, 0.4) is 0 Å². The second-order valence-electron chi connectivity index (χ2n) is 5.96. The minimum Gasteiger partial charge on any atom is -0.394 e. The summed E-state index contributed by atoms with van der Waals surface area (Å²) in [5, 5.41) is 18.8. The van der Waals surface area contributed by atoms with Gasteiger partial charge in [-0.05, 0) is 24.6 Å². The summed E-state index contributed by atoms with van der Waals surface area (Å²) in [5.74, 6) is -0.775. The van der Waals surface area contributed by atoms with Gasteiger partial charge in [0.25, 0.3) is 5.91 Å². The minimum atomic E-state index is -1.90. The molecule has 0 saturated carbocycles. The van der Waals surface area contributed by atoms with Crippen LogP contribution in [-0.4, -0.2) is 55.6 Å². The monoisotopic (exact) mass is 364 g/mol. The molecular formula is C16H17FN4O5. The van der Waals surface area contributed by atoms with Crippen LogP contribution in [0.2, 0.25) is 0 Å². The lowest BCUT2D eigenvalue weighted by molar-refractivity contribution is -0.0491. The zero-order chi connectivity index (χ0) is 19.0. The summed E-state index contributed by atoms with van der Waals surface area (Å²) >= 11 is 0. The van der Waals surface area contributed by atoms with Crippen molar-refractivity contribution in [2.75, 3.05) is 6.61 Å². The number of halogens is 1. The fraction of sp³-hybridized carbons (Fsp3) is 0.375. The molecule has 26 heavy (non-hydrogen) atoms. The van der Waals surface area contributed by atoms with Crippen LogP contribution in [0.15, 0.2) is 29.3 Å². The third kappa shape index (κ3) is 3.09. The molecule has 138 valence electrons. The molecule has 9 nitrogen and oxygen atoms in total. The Kier molecular flexibility index (Phi) is 4.81. The van der Waals surface area contributed by atoms with Gasteiger partial charge in [0.2, 0.25) is 0 Å². The molecule has 10 heteroatoms. The molecule has 2 aromatic heterocycles. The normalized spacial score (nSPS) is 25.4. The Morgan fingerprint density at radius 1 is 1.50 bits per heavy atom. The van der Waals surface area contributed by atoms with Crippen molar-refractivity contribution in [1.29, 1.82) is 0 Å². The number of aromatic nitrogens is 3. The second kappa shape index (κ2) is 6.90. The van der Waals surface area contributed by atoms with E-state index in [9.17, 15) is 19.1 Å². The Hall–Kier alpha value is -2.69. The average molecular weight is 364 g/mol. The van der Waals surface area contributed by atoms with Gasteiger partial charge in [0, 0.05) is 18.0 Å². The first-order valence-electron chi connectivity index (χ1n) is 7.78. The summed E-state index contributed by atoms with van der Waals surface area (Å²) in [5.41, 5.74) is 5.55. The molecule has 1 amide bonds. The van der Waals surface area contributed by atoms with Crippen LogP contribution in [0.25, 0.3) is 11.3 Å². The highest BCUT2D eigenvalue weighted by atomic mass is 19.1. The summed E-state index contributed by atoms with van der Waals surface area (Å²) in [4.78, 5) is 31.7. The van der Waals surface area contributed by atoms with Gasteiger partial charge in [0.1, 0.15) is 17.9 Å². The fourth-order valence-electron chi connectivity index (χ4n) is 2.80. The number of aliphatic hydroxyl groups excluding tert-OH is 2. The van der Waals surface area contributed by atoms with E-state index < -0.39 is 42.8 Å². The molecule has 0 radical (unpaired) electrons. The van der Waals surface area contributed by atoms with E-state index in [0.717, 1.165) is 10.1 Å². The maximum absolute atomic E-state index is 14.2. The minimum absolute atomic E-state index is 0.0449. The molecule has 2 aromatic rings. The molecule has 4 N–H and O–H groups in total. The first-order chi connectivity index (χ1) is 12.3. The van der Waals surface area contributed by atoms with Crippen molar-refractivity contribution in [3.8, 4) is 11.3 Å². The molecule has 1 saturated heterocycles. The number of hydrogen-bond donors (Lipinski definition) is 3. The van der Waals surface area contributed by atoms with Gasteiger partial charge < -0.3 is 20.7 Å². The highest BCUT2D eigenvalue weighted by Crippen LogP contribution is 2.31. The quantitative estimate of drug-likeness (QED) is 0.651. The van der Waals surface area contributed by atoms with Crippen LogP contribution in [0.5, 0.6) is 0 Å². The molecule has 1 aliphatic heterocycles. The van der Waals surface area contributed by atoms with E-state index in [0.29, 0.717) is 0 Å². The van der Waals surface area contributed by atoms with Crippen LogP contribution in [0.4, 0.5) is 4.39 Å². The molecule has 0 bridgehead atoms. The van der Waals surface area contributed by atoms with Crippen molar-refractivity contribution in [2.45, 2.75) is 31.5 Å². The average Bonchev–Trinajstić information content (AvgIpc) is 2.89. The molecule has 0 aromatic carbocycles. The molecule has 1 fully saturated rings. The maximum Gasteiger partial charge on any atom is 0.350 e. The standard InChI is InChI=1S/C16H17FN4O5/c1-7-4-8(12(14(18)24)19-5-7)9-2-3-21(16(25)20-9)15-11(17)13(23)10(6-22)26-15/h2-5,10-11,13,15,22-23H,6H2,1H3,(H2,18,24)/t10-,11-,13-,15+/m1/s1. The number of hydrogen-bond acceptors (Lipinski definition) is 7. The summed E-state index contributed by atoms with van der Waals surface area (Å²) in [6.07, 6.45) is -3.31.